The van der Waals surface area contributed by atoms with Crippen LogP contribution in [0.2, 0.25) is 0 Å². The van der Waals surface area contributed by atoms with Gasteiger partial charge < -0.3 is 5.21 Å². The molecule has 4 N–H and O–H groups in total. The Morgan fingerprint density at radius 2 is 1.80 bits per heavy atom. The molecule has 0 spiro atoms. The molecule has 0 aromatic rings. The SMILES string of the molecule is CCCCC1(NO)C(=O)NC(=O)NC1=O. The van der Waals surface area contributed by atoms with Crippen molar-refractivity contribution in [3.05, 3.63) is 0 Å². The molecule has 7 nitrogen and oxygen atoms in total. The zero-order valence-corrected chi connectivity index (χ0v) is 8.29. The molecule has 0 aromatic carbocycles. The number of unbranched alkanes of at least 4 members (excludes halogenated alkanes) is 1. The Morgan fingerprint density at radius 3 is 2.20 bits per heavy atom. The topological polar surface area (TPSA) is 108 Å². The van der Waals surface area contributed by atoms with E-state index in [2.05, 4.69) is 0 Å². The van der Waals surface area contributed by atoms with E-state index in [1.54, 1.807) is 5.48 Å². The molecule has 1 aliphatic rings. The van der Waals surface area contributed by atoms with Crippen molar-refractivity contribution < 1.29 is 19.6 Å². The van der Waals surface area contributed by atoms with Crippen LogP contribution in [0.4, 0.5) is 4.79 Å². The van der Waals surface area contributed by atoms with E-state index in [9.17, 15) is 14.4 Å². The normalized spacial score (nSPS) is 19.7. The van der Waals surface area contributed by atoms with E-state index >= 15 is 0 Å². The second kappa shape index (κ2) is 4.37. The number of hydroxylamine groups is 1. The predicted molar refractivity (Wildman–Crippen MR) is 48.9 cm³/mol. The number of amides is 4. The minimum absolute atomic E-state index is 0.130. The molecule has 0 unspecified atom stereocenters. The molecule has 0 saturated carbocycles. The van der Waals surface area contributed by atoms with Gasteiger partial charge in [-0.2, -0.15) is 5.48 Å². The lowest BCUT2D eigenvalue weighted by molar-refractivity contribution is -0.146. The van der Waals surface area contributed by atoms with Crippen LogP contribution in [-0.2, 0) is 9.59 Å². The zero-order chi connectivity index (χ0) is 11.5. The third-order valence-electron chi connectivity index (χ3n) is 2.33. The average Bonchev–Trinajstić information content (AvgIpc) is 2.17. The maximum absolute atomic E-state index is 11.5. The summed E-state index contributed by atoms with van der Waals surface area (Å²) in [6.45, 7) is 1.88. The van der Waals surface area contributed by atoms with Gasteiger partial charge in [-0.1, -0.05) is 19.8 Å². The van der Waals surface area contributed by atoms with E-state index in [0.717, 1.165) is 6.42 Å². The summed E-state index contributed by atoms with van der Waals surface area (Å²) >= 11 is 0. The highest BCUT2D eigenvalue weighted by Gasteiger charge is 2.49. The fraction of sp³-hybridized carbons (Fsp3) is 0.625. The van der Waals surface area contributed by atoms with Gasteiger partial charge in [-0.05, 0) is 6.42 Å². The van der Waals surface area contributed by atoms with Crippen LogP contribution >= 0.6 is 0 Å². The van der Waals surface area contributed by atoms with Gasteiger partial charge in [-0.15, -0.1) is 0 Å². The highest BCUT2D eigenvalue weighted by atomic mass is 16.5. The molecule has 1 fully saturated rings. The van der Waals surface area contributed by atoms with E-state index in [4.69, 9.17) is 5.21 Å². The van der Waals surface area contributed by atoms with Crippen molar-refractivity contribution >= 4 is 17.8 Å². The molecule has 15 heavy (non-hydrogen) atoms. The number of rotatable bonds is 4. The molecule has 4 amide bonds. The lowest BCUT2D eigenvalue weighted by Crippen LogP contribution is -2.71. The maximum atomic E-state index is 11.5. The molecule has 7 heteroatoms. The number of imide groups is 2. The number of barbiturate groups is 1. The summed E-state index contributed by atoms with van der Waals surface area (Å²) < 4.78 is 0. The van der Waals surface area contributed by atoms with Crippen molar-refractivity contribution in [1.82, 2.24) is 16.1 Å². The lowest BCUT2D eigenvalue weighted by Gasteiger charge is -2.32. The van der Waals surface area contributed by atoms with Gasteiger partial charge in [-0.25, -0.2) is 4.79 Å². The Morgan fingerprint density at radius 1 is 1.27 bits per heavy atom. The van der Waals surface area contributed by atoms with Gasteiger partial charge in [0.2, 0.25) is 0 Å². The van der Waals surface area contributed by atoms with Crippen LogP contribution in [0, 0.1) is 0 Å². The molecule has 0 atom stereocenters. The van der Waals surface area contributed by atoms with Crippen LogP contribution in [0.1, 0.15) is 26.2 Å². The Balaban J connectivity index is 2.89. The number of carbonyl (C=O) groups is 3. The molecule has 1 saturated heterocycles. The van der Waals surface area contributed by atoms with E-state index in [1.807, 2.05) is 17.6 Å². The smallest absolute Gasteiger partial charge is 0.315 e. The summed E-state index contributed by atoms with van der Waals surface area (Å²) in [4.78, 5) is 33.7. The molecule has 84 valence electrons. The van der Waals surface area contributed by atoms with Crippen LogP contribution in [0.15, 0.2) is 0 Å². The van der Waals surface area contributed by atoms with Gasteiger partial charge in [-0.3, -0.25) is 20.2 Å². The number of nitrogens with one attached hydrogen (secondary N) is 3. The van der Waals surface area contributed by atoms with Crippen LogP contribution < -0.4 is 16.1 Å². The molecule has 1 rings (SSSR count). The molecular formula is C8H13N3O4. The number of urea groups is 1. The Hall–Kier alpha value is -1.47. The molecule has 1 heterocycles. The van der Waals surface area contributed by atoms with Gasteiger partial charge in [0.15, 0.2) is 5.54 Å². The van der Waals surface area contributed by atoms with Crippen LogP contribution in [-0.4, -0.2) is 28.6 Å². The van der Waals surface area contributed by atoms with Gasteiger partial charge in [0.25, 0.3) is 11.8 Å². The summed E-state index contributed by atoms with van der Waals surface area (Å²) in [5.74, 6) is -1.65. The quantitative estimate of drug-likeness (QED) is 0.365. The molecule has 1 aliphatic heterocycles. The average molecular weight is 215 g/mol. The van der Waals surface area contributed by atoms with E-state index < -0.39 is 23.4 Å². The molecular weight excluding hydrogens is 202 g/mol. The Labute approximate surface area is 86.2 Å². The first-order chi connectivity index (χ1) is 7.06. The van der Waals surface area contributed by atoms with Crippen LogP contribution in [0.5, 0.6) is 0 Å². The fourth-order valence-electron chi connectivity index (χ4n) is 1.38. The van der Waals surface area contributed by atoms with Crippen molar-refractivity contribution in [1.29, 1.82) is 0 Å². The lowest BCUT2D eigenvalue weighted by atomic mass is 9.90. The van der Waals surface area contributed by atoms with Crippen LogP contribution in [0.3, 0.4) is 0 Å². The molecule has 0 aliphatic carbocycles. The van der Waals surface area contributed by atoms with Crippen LogP contribution in [0.25, 0.3) is 0 Å². The van der Waals surface area contributed by atoms with E-state index in [1.165, 1.54) is 0 Å². The van der Waals surface area contributed by atoms with Crippen molar-refractivity contribution in [2.75, 3.05) is 0 Å². The number of carbonyl (C=O) groups excluding carboxylic acids is 3. The number of hydrogen-bond acceptors (Lipinski definition) is 5. The summed E-state index contributed by atoms with van der Waals surface area (Å²) in [5.41, 5.74) is -0.0501. The third-order valence-corrected chi connectivity index (χ3v) is 2.33. The first kappa shape index (κ1) is 11.6. The molecule has 0 aromatic heterocycles. The Kier molecular flexibility index (Phi) is 3.38. The maximum Gasteiger partial charge on any atom is 0.328 e. The molecule has 0 bridgehead atoms. The van der Waals surface area contributed by atoms with Crippen molar-refractivity contribution in [3.63, 3.8) is 0 Å². The molecule has 0 radical (unpaired) electrons. The Bertz CT molecular complexity index is 282. The van der Waals surface area contributed by atoms with Crippen molar-refractivity contribution in [2.24, 2.45) is 0 Å². The third kappa shape index (κ3) is 1.97. The van der Waals surface area contributed by atoms with Crippen molar-refractivity contribution in [2.45, 2.75) is 31.7 Å². The van der Waals surface area contributed by atoms with Gasteiger partial charge in [0, 0.05) is 0 Å². The summed E-state index contributed by atoms with van der Waals surface area (Å²) in [6, 6.07) is -0.868. The predicted octanol–water partition coefficient (Wildman–Crippen LogP) is -0.740. The number of hydrogen-bond donors (Lipinski definition) is 4. The highest BCUT2D eigenvalue weighted by Crippen LogP contribution is 2.17. The first-order valence-electron chi connectivity index (χ1n) is 4.65. The second-order valence-corrected chi connectivity index (χ2v) is 3.36. The second-order valence-electron chi connectivity index (χ2n) is 3.36. The monoisotopic (exact) mass is 215 g/mol. The summed E-state index contributed by atoms with van der Waals surface area (Å²) in [5, 5.41) is 12.8. The van der Waals surface area contributed by atoms with Gasteiger partial charge in [0.1, 0.15) is 0 Å². The fourth-order valence-corrected chi connectivity index (χ4v) is 1.38. The summed E-state index contributed by atoms with van der Waals surface area (Å²) in [7, 11) is 0. The standard InChI is InChI=1S/C8H13N3O4/c1-2-3-4-8(11-15)5(12)9-7(14)10-6(8)13/h11,15H,2-4H2,1H3,(H2,9,10,12,13,14). The van der Waals surface area contributed by atoms with E-state index in [0.29, 0.717) is 6.42 Å². The largest absolute Gasteiger partial charge is 0.328 e. The summed E-state index contributed by atoms with van der Waals surface area (Å²) in [6.07, 6.45) is 1.46. The van der Waals surface area contributed by atoms with Gasteiger partial charge >= 0.3 is 6.03 Å². The van der Waals surface area contributed by atoms with Gasteiger partial charge in [0.05, 0.1) is 0 Å². The first-order valence-corrected chi connectivity index (χ1v) is 4.65. The van der Waals surface area contributed by atoms with E-state index in [-0.39, 0.29) is 6.42 Å². The van der Waals surface area contributed by atoms with Crippen molar-refractivity contribution in [3.8, 4) is 0 Å². The minimum atomic E-state index is -1.75. The highest BCUT2D eigenvalue weighted by molar-refractivity contribution is 6.22. The zero-order valence-electron chi connectivity index (χ0n) is 8.29. The minimum Gasteiger partial charge on any atom is -0.315 e.